The van der Waals surface area contributed by atoms with E-state index in [-0.39, 0.29) is 18.4 Å². The normalized spacial score (nSPS) is 17.3. The van der Waals surface area contributed by atoms with Crippen LogP contribution in [0.4, 0.5) is 5.13 Å². The lowest BCUT2D eigenvalue weighted by Gasteiger charge is -2.12. The average molecular weight is 311 g/mol. The lowest BCUT2D eigenvalue weighted by Crippen LogP contribution is -2.21. The highest BCUT2D eigenvalue weighted by atomic mass is 32.1. The molecule has 0 aromatic carbocycles. The number of hydrogen-bond donors (Lipinski definition) is 1. The maximum atomic E-state index is 12.0. The highest BCUT2D eigenvalue weighted by Crippen LogP contribution is 2.20. The summed E-state index contributed by atoms with van der Waals surface area (Å²) in [6.07, 6.45) is 6.75. The summed E-state index contributed by atoms with van der Waals surface area (Å²) < 4.78 is 5.01. The molecule has 1 aliphatic carbocycles. The average Bonchev–Trinajstić information content (AvgIpc) is 2.74. The van der Waals surface area contributed by atoms with Crippen molar-refractivity contribution in [3.63, 3.8) is 0 Å². The largest absolute Gasteiger partial charge is 0.461 e. The van der Waals surface area contributed by atoms with Gasteiger partial charge in [0.1, 0.15) is 11.8 Å². The number of nitrogens with two attached hydrogens (primary N) is 1. The third-order valence-corrected chi connectivity index (χ3v) is 4.00. The maximum Gasteiger partial charge on any atom is 0.362 e. The number of nitrogen functional groups attached to an aromatic ring is 1. The lowest BCUT2D eigenvalue weighted by molar-refractivity contribution is -0.135. The zero-order chi connectivity index (χ0) is 15.1. The topological polar surface area (TPSA) is 86.8 Å². The molecule has 21 heavy (non-hydrogen) atoms. The molecular weight excluding hydrogens is 290 g/mol. The summed E-state index contributed by atoms with van der Waals surface area (Å²) in [5.41, 5.74) is 6.11. The zero-order valence-electron chi connectivity index (χ0n) is 12.2. The Balaban J connectivity index is 2.10. The molecule has 2 rings (SSSR count). The molecule has 1 heterocycles. The van der Waals surface area contributed by atoms with Gasteiger partial charge in [0.25, 0.3) is 0 Å². The van der Waals surface area contributed by atoms with Gasteiger partial charge in [-0.3, -0.25) is 0 Å². The summed E-state index contributed by atoms with van der Waals surface area (Å²) in [4.78, 5) is 21.6. The summed E-state index contributed by atoms with van der Waals surface area (Å²) in [5, 5.41) is 6.09. The molecule has 6 nitrogen and oxygen atoms in total. The summed E-state index contributed by atoms with van der Waals surface area (Å²) in [6.45, 7) is 2.03. The van der Waals surface area contributed by atoms with Crippen LogP contribution >= 0.6 is 11.3 Å². The van der Waals surface area contributed by atoms with Gasteiger partial charge in [0.2, 0.25) is 5.71 Å². The number of hydrogen-bond acceptors (Lipinski definition) is 7. The van der Waals surface area contributed by atoms with Crippen molar-refractivity contribution in [3.05, 3.63) is 11.1 Å². The Bertz CT molecular complexity index is 493. The molecule has 0 aliphatic heterocycles. The van der Waals surface area contributed by atoms with Gasteiger partial charge >= 0.3 is 5.97 Å². The molecule has 0 atom stereocenters. The second-order valence-corrected chi connectivity index (χ2v) is 5.84. The minimum Gasteiger partial charge on any atom is -0.461 e. The number of esters is 1. The molecule has 1 aromatic rings. The molecule has 1 fully saturated rings. The molecule has 7 heteroatoms. The van der Waals surface area contributed by atoms with Crippen molar-refractivity contribution in [3.8, 4) is 0 Å². The Kier molecular flexibility index (Phi) is 5.98. The number of ether oxygens (including phenoxy) is 1. The van der Waals surface area contributed by atoms with Crippen LogP contribution in [0, 0.1) is 0 Å². The first kappa shape index (κ1) is 15.8. The van der Waals surface area contributed by atoms with Gasteiger partial charge in [-0.2, -0.15) is 0 Å². The maximum absolute atomic E-state index is 12.0. The van der Waals surface area contributed by atoms with Crippen LogP contribution < -0.4 is 5.73 Å². The molecule has 0 unspecified atom stereocenters. The summed E-state index contributed by atoms with van der Waals surface area (Å²) >= 11 is 1.26. The van der Waals surface area contributed by atoms with E-state index in [0.29, 0.717) is 10.8 Å². The Morgan fingerprint density at radius 2 is 2.14 bits per heavy atom. The monoisotopic (exact) mass is 311 g/mol. The smallest absolute Gasteiger partial charge is 0.362 e. The van der Waals surface area contributed by atoms with Gasteiger partial charge in [0, 0.05) is 5.38 Å². The molecule has 0 spiro atoms. The molecule has 0 saturated heterocycles. The van der Waals surface area contributed by atoms with Gasteiger partial charge in [0.05, 0.1) is 6.61 Å². The number of carbonyl (C=O) groups is 1. The van der Waals surface area contributed by atoms with Gasteiger partial charge in [-0.15, -0.1) is 11.3 Å². The van der Waals surface area contributed by atoms with Crippen LogP contribution in [0.3, 0.4) is 0 Å². The van der Waals surface area contributed by atoms with E-state index in [1.165, 1.54) is 24.2 Å². The first-order valence-corrected chi connectivity index (χ1v) is 8.21. The second-order valence-electron chi connectivity index (χ2n) is 4.95. The van der Waals surface area contributed by atoms with Crippen LogP contribution in [0.15, 0.2) is 10.5 Å². The van der Waals surface area contributed by atoms with Crippen molar-refractivity contribution in [2.75, 3.05) is 12.3 Å². The van der Waals surface area contributed by atoms with E-state index in [1.54, 1.807) is 12.3 Å². The predicted molar refractivity (Wildman–Crippen MR) is 82.3 cm³/mol. The van der Waals surface area contributed by atoms with Crippen LogP contribution in [0.25, 0.3) is 0 Å². The van der Waals surface area contributed by atoms with Crippen LogP contribution in [-0.2, 0) is 14.4 Å². The molecule has 0 amide bonds. The number of rotatable bonds is 5. The standard InChI is InChI=1S/C14H21N3O3S/c1-2-19-13(18)12(11-9-21-14(15)16-11)17-20-10-7-5-3-4-6-8-10/h9-10H,2-8H2,1H3,(H2,15,16). The van der Waals surface area contributed by atoms with Crippen molar-refractivity contribution in [2.24, 2.45) is 5.16 Å². The van der Waals surface area contributed by atoms with Gasteiger partial charge < -0.3 is 15.3 Å². The van der Waals surface area contributed by atoms with Crippen LogP contribution in [0.2, 0.25) is 0 Å². The van der Waals surface area contributed by atoms with E-state index in [4.69, 9.17) is 15.3 Å². The van der Waals surface area contributed by atoms with E-state index in [9.17, 15) is 4.79 Å². The van der Waals surface area contributed by atoms with Crippen molar-refractivity contribution in [1.29, 1.82) is 0 Å². The molecule has 0 bridgehead atoms. The summed E-state index contributed by atoms with van der Waals surface area (Å²) in [6, 6.07) is 0. The van der Waals surface area contributed by atoms with E-state index in [1.807, 2.05) is 0 Å². The highest BCUT2D eigenvalue weighted by Gasteiger charge is 2.21. The van der Waals surface area contributed by atoms with Crippen LogP contribution in [-0.4, -0.2) is 29.4 Å². The van der Waals surface area contributed by atoms with Gasteiger partial charge in [-0.05, 0) is 32.6 Å². The third-order valence-electron chi connectivity index (χ3n) is 3.33. The van der Waals surface area contributed by atoms with Gasteiger partial charge in [-0.25, -0.2) is 9.78 Å². The Labute approximate surface area is 128 Å². The highest BCUT2D eigenvalue weighted by molar-refractivity contribution is 7.13. The quantitative estimate of drug-likeness (QED) is 0.391. The van der Waals surface area contributed by atoms with Crippen molar-refractivity contribution < 1.29 is 14.4 Å². The summed E-state index contributed by atoms with van der Waals surface area (Å²) in [7, 11) is 0. The van der Waals surface area contributed by atoms with Gasteiger partial charge in [0.15, 0.2) is 5.13 Å². The molecule has 0 radical (unpaired) electrons. The number of oxime groups is 1. The lowest BCUT2D eigenvalue weighted by atomic mass is 10.2. The van der Waals surface area contributed by atoms with Crippen molar-refractivity contribution >= 4 is 28.1 Å². The van der Waals surface area contributed by atoms with E-state index < -0.39 is 5.97 Å². The fourth-order valence-corrected chi connectivity index (χ4v) is 2.81. The minimum absolute atomic E-state index is 0.0629. The number of carbonyl (C=O) groups excluding carboxylic acids is 1. The second kappa shape index (κ2) is 7.97. The molecule has 2 N–H and O–H groups in total. The predicted octanol–water partition coefficient (Wildman–Crippen LogP) is 2.73. The fourth-order valence-electron chi connectivity index (χ4n) is 2.26. The molecule has 1 aliphatic rings. The van der Waals surface area contributed by atoms with E-state index in [2.05, 4.69) is 10.1 Å². The van der Waals surface area contributed by atoms with Crippen LogP contribution in [0.5, 0.6) is 0 Å². The molecule has 116 valence electrons. The SMILES string of the molecule is CCOC(=O)C(=NOC1CCCCCC1)c1csc(N)n1. The Morgan fingerprint density at radius 3 is 2.71 bits per heavy atom. The molecular formula is C14H21N3O3S. The molecule has 1 aromatic heterocycles. The number of thiazole rings is 1. The minimum atomic E-state index is -0.531. The van der Waals surface area contributed by atoms with E-state index >= 15 is 0 Å². The molecule has 1 saturated carbocycles. The Hall–Kier alpha value is -1.63. The van der Waals surface area contributed by atoms with Gasteiger partial charge in [-0.1, -0.05) is 18.0 Å². The number of nitrogens with zero attached hydrogens (tertiary/aromatic N) is 2. The first-order valence-electron chi connectivity index (χ1n) is 7.33. The number of anilines is 1. The Morgan fingerprint density at radius 1 is 1.43 bits per heavy atom. The third kappa shape index (κ3) is 4.70. The van der Waals surface area contributed by atoms with Crippen molar-refractivity contribution in [1.82, 2.24) is 4.98 Å². The zero-order valence-corrected chi connectivity index (χ0v) is 13.0. The van der Waals surface area contributed by atoms with Crippen molar-refractivity contribution in [2.45, 2.75) is 51.6 Å². The first-order chi connectivity index (χ1) is 10.2. The van der Waals surface area contributed by atoms with E-state index in [0.717, 1.165) is 25.7 Å². The number of aromatic nitrogens is 1. The van der Waals surface area contributed by atoms with Crippen LogP contribution in [0.1, 0.15) is 51.1 Å². The fraction of sp³-hybridized carbons (Fsp3) is 0.643. The summed E-state index contributed by atoms with van der Waals surface area (Å²) in [5.74, 6) is -0.531.